The van der Waals surface area contributed by atoms with Gasteiger partial charge in [0.2, 0.25) is 41.4 Å². The number of aromatic nitrogens is 3. The van der Waals surface area contributed by atoms with E-state index in [1.54, 1.807) is 40.0 Å². The molecule has 8 atom stereocenters. The van der Waals surface area contributed by atoms with Gasteiger partial charge in [0.05, 0.1) is 18.8 Å². The van der Waals surface area contributed by atoms with Crippen molar-refractivity contribution in [1.82, 2.24) is 46.9 Å². The van der Waals surface area contributed by atoms with Gasteiger partial charge < -0.3 is 63.5 Å². The Balaban J connectivity index is 1.80. The normalized spacial score (nSPS) is 15.1. The van der Waals surface area contributed by atoms with Crippen LogP contribution in [0.1, 0.15) is 71.6 Å². The van der Waals surface area contributed by atoms with E-state index < -0.39 is 127 Å². The Morgan fingerprint density at radius 2 is 1.29 bits per heavy atom. The highest BCUT2D eigenvalue weighted by Gasteiger charge is 2.36. The summed E-state index contributed by atoms with van der Waals surface area (Å²) < 4.78 is 0. The van der Waals surface area contributed by atoms with E-state index in [0.29, 0.717) is 17.7 Å². The van der Waals surface area contributed by atoms with Crippen molar-refractivity contribution in [2.45, 2.75) is 115 Å². The topological polar surface area (TPSA) is 363 Å². The van der Waals surface area contributed by atoms with Crippen LogP contribution in [0, 0.1) is 11.8 Å². The van der Waals surface area contributed by atoms with Gasteiger partial charge in [0, 0.05) is 48.3 Å². The number of nitrogens with one attached hydrogen (secondary N) is 8. The molecule has 0 saturated carbocycles. The summed E-state index contributed by atoms with van der Waals surface area (Å²) in [5, 5.41) is 35.3. The van der Waals surface area contributed by atoms with Crippen molar-refractivity contribution in [3.63, 3.8) is 0 Å². The van der Waals surface area contributed by atoms with E-state index in [2.05, 4.69) is 46.9 Å². The summed E-state index contributed by atoms with van der Waals surface area (Å²) in [6, 6.07) is -2.55. The van der Waals surface area contributed by atoms with Gasteiger partial charge in [0.15, 0.2) is 0 Å². The minimum atomic E-state index is -1.84. The number of para-hydroxylation sites is 1. The number of aliphatic carboxylic acids is 2. The fraction of sp³-hybridized carbons (Fsp3) is 0.500. The van der Waals surface area contributed by atoms with E-state index in [9.17, 15) is 53.4 Å². The number of carboxylic acid groups (broad SMARTS) is 2. The van der Waals surface area contributed by atoms with Gasteiger partial charge in [0.1, 0.15) is 36.3 Å². The van der Waals surface area contributed by atoms with Crippen molar-refractivity contribution < 1.29 is 53.4 Å². The molecule has 62 heavy (non-hydrogen) atoms. The zero-order valence-electron chi connectivity index (χ0n) is 35.2. The standard InChI is InChI=1S/C40H57N11O11/c1-6-20(4)33(39(60)49-29(40(61)62)13-22-16-44-25-10-8-7-9-24(22)25)51-38(59)32(19(2)3)50-37(58)28(15-31(53)54)48-35(56)26(11-12-30(42)52)46-36(57)27(47-34(55)21(5)41)14-23-17-43-18-45-23/h7-10,16-21,26-29,32-33,44H,6,11-15,41H2,1-5H3,(H2,42,52)(H,43,45)(H,46,57)(H,47,55)(H,48,56)(H,49,60)(H,50,58)(H,51,59)(H,53,54)(H,61,62). The number of nitrogens with two attached hydrogens (primary N) is 2. The first kappa shape index (κ1) is 49.5. The number of hydrogen-bond donors (Lipinski definition) is 12. The molecule has 0 aliphatic rings. The number of rotatable bonds is 25. The molecule has 1 aromatic carbocycles. The lowest BCUT2D eigenvalue weighted by atomic mass is 9.95. The van der Waals surface area contributed by atoms with Crippen LogP contribution in [-0.4, -0.2) is 121 Å². The van der Waals surface area contributed by atoms with Crippen molar-refractivity contribution in [3.8, 4) is 0 Å². The number of aromatic amines is 2. The van der Waals surface area contributed by atoms with Crippen molar-refractivity contribution in [2.75, 3.05) is 0 Å². The lowest BCUT2D eigenvalue weighted by Gasteiger charge is -2.30. The molecule has 8 unspecified atom stereocenters. The monoisotopic (exact) mass is 867 g/mol. The van der Waals surface area contributed by atoms with Crippen molar-refractivity contribution >= 4 is 64.2 Å². The number of carbonyl (C=O) groups excluding carboxylic acids is 7. The van der Waals surface area contributed by atoms with Crippen LogP contribution >= 0.6 is 0 Å². The van der Waals surface area contributed by atoms with Gasteiger partial charge in [-0.05, 0) is 36.8 Å². The summed E-state index contributed by atoms with van der Waals surface area (Å²) in [5.74, 6) is -10.4. The maximum Gasteiger partial charge on any atom is 0.326 e. The van der Waals surface area contributed by atoms with Gasteiger partial charge >= 0.3 is 11.9 Å². The van der Waals surface area contributed by atoms with E-state index in [0.717, 1.165) is 10.9 Å². The Kier molecular flexibility index (Phi) is 18.6. The highest BCUT2D eigenvalue weighted by atomic mass is 16.4. The minimum Gasteiger partial charge on any atom is -0.481 e. The summed E-state index contributed by atoms with van der Waals surface area (Å²) in [5.41, 5.74) is 12.8. The molecule has 3 rings (SSSR count). The number of primary amides is 1. The van der Waals surface area contributed by atoms with Crippen LogP contribution in [0.5, 0.6) is 0 Å². The summed E-state index contributed by atoms with van der Waals surface area (Å²) in [6.07, 6.45) is 2.76. The Hall–Kier alpha value is -6.84. The molecule has 0 radical (unpaired) electrons. The summed E-state index contributed by atoms with van der Waals surface area (Å²) in [6.45, 7) is 7.94. The molecule has 0 bridgehead atoms. The summed E-state index contributed by atoms with van der Waals surface area (Å²) in [7, 11) is 0. The average Bonchev–Trinajstić information content (AvgIpc) is 3.88. The Bertz CT molecular complexity index is 2070. The Labute approximate surface area is 356 Å². The van der Waals surface area contributed by atoms with Gasteiger partial charge in [0.25, 0.3) is 0 Å². The average molecular weight is 868 g/mol. The third-order valence-electron chi connectivity index (χ3n) is 10.1. The molecule has 0 aliphatic carbocycles. The highest BCUT2D eigenvalue weighted by Crippen LogP contribution is 2.20. The van der Waals surface area contributed by atoms with E-state index in [1.807, 2.05) is 18.2 Å². The van der Waals surface area contributed by atoms with Gasteiger partial charge in [-0.1, -0.05) is 52.3 Å². The SMILES string of the molecule is CCC(C)C(NC(=O)C(NC(=O)C(CC(=O)O)NC(=O)C(CCC(N)=O)NC(=O)C(Cc1cnc[nH]1)NC(=O)C(C)N)C(C)C)C(=O)NC(Cc1c[nH]c2ccccc12)C(=O)O. The maximum absolute atomic E-state index is 13.9. The summed E-state index contributed by atoms with van der Waals surface area (Å²) >= 11 is 0. The lowest BCUT2D eigenvalue weighted by Crippen LogP contribution is -2.61. The molecule has 2 aromatic heterocycles. The van der Waals surface area contributed by atoms with Crippen LogP contribution in [0.25, 0.3) is 10.9 Å². The van der Waals surface area contributed by atoms with Crippen molar-refractivity contribution in [1.29, 1.82) is 0 Å². The van der Waals surface area contributed by atoms with Gasteiger partial charge in [-0.3, -0.25) is 38.4 Å². The predicted molar refractivity (Wildman–Crippen MR) is 222 cm³/mol. The number of nitrogens with zero attached hydrogens (tertiary/aromatic N) is 1. The van der Waals surface area contributed by atoms with E-state index >= 15 is 0 Å². The molecule has 0 saturated heterocycles. The molecule has 14 N–H and O–H groups in total. The molecule has 7 amide bonds. The van der Waals surface area contributed by atoms with E-state index in [1.165, 1.54) is 19.4 Å². The van der Waals surface area contributed by atoms with Crippen LogP contribution in [0.15, 0.2) is 43.0 Å². The van der Waals surface area contributed by atoms with E-state index in [4.69, 9.17) is 11.5 Å². The minimum absolute atomic E-state index is 0.0728. The number of amides is 7. The molecule has 22 heteroatoms. The number of imidazole rings is 1. The zero-order chi connectivity index (χ0) is 46.3. The molecule has 0 aliphatic heterocycles. The Morgan fingerprint density at radius 1 is 0.710 bits per heavy atom. The molecule has 338 valence electrons. The highest BCUT2D eigenvalue weighted by molar-refractivity contribution is 5.98. The number of carboxylic acids is 2. The molecular weight excluding hydrogens is 811 g/mol. The maximum atomic E-state index is 13.9. The molecule has 3 aromatic rings. The fourth-order valence-electron chi connectivity index (χ4n) is 6.33. The smallest absolute Gasteiger partial charge is 0.326 e. The third kappa shape index (κ3) is 14.7. The second-order valence-electron chi connectivity index (χ2n) is 15.4. The second-order valence-corrected chi connectivity index (χ2v) is 15.4. The zero-order valence-corrected chi connectivity index (χ0v) is 35.2. The predicted octanol–water partition coefficient (Wildman–Crippen LogP) is -1.54. The van der Waals surface area contributed by atoms with Crippen LogP contribution in [-0.2, 0) is 56.0 Å². The first-order valence-corrected chi connectivity index (χ1v) is 20.0. The van der Waals surface area contributed by atoms with Crippen molar-refractivity contribution in [2.24, 2.45) is 23.3 Å². The van der Waals surface area contributed by atoms with Gasteiger partial charge in [-0.15, -0.1) is 0 Å². The molecule has 2 heterocycles. The van der Waals surface area contributed by atoms with Gasteiger partial charge in [-0.25, -0.2) is 9.78 Å². The fourth-order valence-corrected chi connectivity index (χ4v) is 6.33. The Morgan fingerprint density at radius 3 is 1.87 bits per heavy atom. The largest absolute Gasteiger partial charge is 0.481 e. The molecular formula is C40H57N11O11. The quantitative estimate of drug-likeness (QED) is 0.0460. The molecule has 0 spiro atoms. The first-order valence-electron chi connectivity index (χ1n) is 20.0. The second kappa shape index (κ2) is 23.2. The van der Waals surface area contributed by atoms with E-state index in [-0.39, 0.29) is 12.8 Å². The number of carbonyl (C=O) groups is 9. The van der Waals surface area contributed by atoms with Crippen LogP contribution in [0.4, 0.5) is 0 Å². The van der Waals surface area contributed by atoms with Crippen LogP contribution < -0.4 is 43.4 Å². The van der Waals surface area contributed by atoms with Crippen molar-refractivity contribution in [3.05, 3.63) is 54.2 Å². The number of hydrogen-bond acceptors (Lipinski definition) is 11. The van der Waals surface area contributed by atoms with Gasteiger partial charge in [-0.2, -0.15) is 0 Å². The third-order valence-corrected chi connectivity index (χ3v) is 10.1. The first-order chi connectivity index (χ1) is 29.2. The lowest BCUT2D eigenvalue weighted by molar-refractivity contribution is -0.142. The molecule has 0 fully saturated rings. The van der Waals surface area contributed by atoms with Crippen LogP contribution in [0.3, 0.4) is 0 Å². The number of fused-ring (bicyclic) bond motifs is 1. The number of H-pyrrole nitrogens is 2. The summed E-state index contributed by atoms with van der Waals surface area (Å²) in [4.78, 5) is 127. The molecule has 22 nitrogen and oxygen atoms in total. The van der Waals surface area contributed by atoms with Crippen LogP contribution in [0.2, 0.25) is 0 Å². The number of benzene rings is 1.